The highest BCUT2D eigenvalue weighted by Crippen LogP contribution is 2.18. The molecule has 0 bridgehead atoms. The quantitative estimate of drug-likeness (QED) is 0.212. The molecule has 30 heavy (non-hydrogen) atoms. The lowest BCUT2D eigenvalue weighted by Crippen LogP contribution is -2.54. The van der Waals surface area contributed by atoms with Crippen molar-refractivity contribution in [1.82, 2.24) is 25.3 Å². The molecule has 2 heterocycles. The first-order valence-corrected chi connectivity index (χ1v) is 11.5. The van der Waals surface area contributed by atoms with Crippen LogP contribution in [0.15, 0.2) is 4.99 Å². The van der Waals surface area contributed by atoms with E-state index >= 15 is 0 Å². The maximum atomic E-state index is 12.5. The first-order chi connectivity index (χ1) is 14.2. The minimum atomic E-state index is 0. The number of aliphatic imine (C=N–C) groups is 1. The van der Waals surface area contributed by atoms with Crippen LogP contribution in [0.1, 0.15) is 51.9 Å². The molecule has 0 atom stereocenters. The second-order valence-electron chi connectivity index (χ2n) is 8.39. The van der Waals surface area contributed by atoms with E-state index in [1.807, 2.05) is 4.90 Å². The third-order valence-corrected chi connectivity index (χ3v) is 5.84. The Balaban J connectivity index is 0.00000320. The molecule has 0 aromatic rings. The second kappa shape index (κ2) is 13.3. The smallest absolute Gasteiger partial charge is 0.236 e. The zero-order valence-electron chi connectivity index (χ0n) is 18.4. The van der Waals surface area contributed by atoms with E-state index in [0.29, 0.717) is 25.6 Å². The van der Waals surface area contributed by atoms with E-state index in [1.54, 1.807) is 0 Å². The Morgan fingerprint density at radius 3 is 2.30 bits per heavy atom. The molecule has 0 spiro atoms. The average molecular weight is 534 g/mol. The molecule has 0 radical (unpaired) electrons. The van der Waals surface area contributed by atoms with Gasteiger partial charge in [0, 0.05) is 64.8 Å². The summed E-state index contributed by atoms with van der Waals surface area (Å²) in [5.41, 5.74) is 0. The SMILES string of the molecule is CCNC(=NCCCC(=O)NC1CC1)N1CCN(CC(=O)N2CCCCC2)CC1.I. The van der Waals surface area contributed by atoms with Crippen LogP contribution in [-0.2, 0) is 9.59 Å². The number of guanidine groups is 1. The third kappa shape index (κ3) is 8.56. The molecule has 8 nitrogen and oxygen atoms in total. The van der Waals surface area contributed by atoms with Gasteiger partial charge in [-0.1, -0.05) is 0 Å². The van der Waals surface area contributed by atoms with Gasteiger partial charge in [0.15, 0.2) is 5.96 Å². The number of hydrogen-bond acceptors (Lipinski definition) is 4. The largest absolute Gasteiger partial charge is 0.357 e. The van der Waals surface area contributed by atoms with E-state index in [1.165, 1.54) is 6.42 Å². The van der Waals surface area contributed by atoms with E-state index in [-0.39, 0.29) is 35.8 Å². The minimum Gasteiger partial charge on any atom is -0.357 e. The van der Waals surface area contributed by atoms with E-state index < -0.39 is 0 Å². The fourth-order valence-electron chi connectivity index (χ4n) is 3.93. The predicted octanol–water partition coefficient (Wildman–Crippen LogP) is 1.26. The number of halogens is 1. The number of piperazine rings is 1. The second-order valence-corrected chi connectivity index (χ2v) is 8.39. The summed E-state index contributed by atoms with van der Waals surface area (Å²) in [4.78, 5) is 35.6. The van der Waals surface area contributed by atoms with Gasteiger partial charge >= 0.3 is 0 Å². The summed E-state index contributed by atoms with van der Waals surface area (Å²) < 4.78 is 0. The molecule has 0 unspecified atom stereocenters. The molecule has 3 rings (SSSR count). The summed E-state index contributed by atoms with van der Waals surface area (Å²) in [5.74, 6) is 1.36. The van der Waals surface area contributed by atoms with Crippen molar-refractivity contribution in [2.45, 2.75) is 57.9 Å². The Bertz CT molecular complexity index is 570. The maximum absolute atomic E-state index is 12.5. The van der Waals surface area contributed by atoms with Crippen molar-refractivity contribution >= 4 is 41.8 Å². The monoisotopic (exact) mass is 534 g/mol. The van der Waals surface area contributed by atoms with E-state index in [4.69, 9.17) is 4.99 Å². The minimum absolute atomic E-state index is 0. The number of likely N-dealkylation sites (tertiary alicyclic amines) is 1. The van der Waals surface area contributed by atoms with E-state index in [2.05, 4.69) is 27.4 Å². The molecule has 3 aliphatic rings. The maximum Gasteiger partial charge on any atom is 0.236 e. The zero-order valence-corrected chi connectivity index (χ0v) is 20.7. The first kappa shape index (κ1) is 25.2. The first-order valence-electron chi connectivity index (χ1n) is 11.5. The van der Waals surface area contributed by atoms with Crippen molar-refractivity contribution in [2.24, 2.45) is 4.99 Å². The van der Waals surface area contributed by atoms with Gasteiger partial charge in [-0.25, -0.2) is 0 Å². The average Bonchev–Trinajstić information content (AvgIpc) is 3.55. The molecule has 172 valence electrons. The Kier molecular flexibility index (Phi) is 11.2. The Morgan fingerprint density at radius 2 is 1.67 bits per heavy atom. The van der Waals surface area contributed by atoms with Gasteiger partial charge in [0.25, 0.3) is 0 Å². The molecule has 0 aromatic carbocycles. The zero-order chi connectivity index (χ0) is 20.5. The standard InChI is InChI=1S/C21H38N6O2.HI/c1-2-22-21(23-10-6-7-19(28)24-18-8-9-18)27-15-13-25(14-16-27)17-20(29)26-11-4-3-5-12-26;/h18H,2-17H2,1H3,(H,22,23)(H,24,28);1H. The normalized spacial score (nSPS) is 20.5. The van der Waals surface area contributed by atoms with Crippen LogP contribution >= 0.6 is 24.0 Å². The fraction of sp³-hybridized carbons (Fsp3) is 0.857. The van der Waals surface area contributed by atoms with Crippen LogP contribution in [0.4, 0.5) is 0 Å². The molecule has 3 fully saturated rings. The highest BCUT2D eigenvalue weighted by atomic mass is 127. The van der Waals surface area contributed by atoms with Crippen LogP contribution in [0.3, 0.4) is 0 Å². The molecule has 0 aromatic heterocycles. The van der Waals surface area contributed by atoms with E-state index in [0.717, 1.165) is 83.9 Å². The van der Waals surface area contributed by atoms with Gasteiger partial charge < -0.3 is 20.4 Å². The van der Waals surface area contributed by atoms with Crippen molar-refractivity contribution in [1.29, 1.82) is 0 Å². The molecule has 2 saturated heterocycles. The molecule has 2 amide bonds. The molecule has 2 aliphatic heterocycles. The van der Waals surface area contributed by atoms with E-state index in [9.17, 15) is 9.59 Å². The number of piperidine rings is 1. The molecular weight excluding hydrogens is 495 g/mol. The molecule has 9 heteroatoms. The number of carbonyl (C=O) groups excluding carboxylic acids is 2. The predicted molar refractivity (Wildman–Crippen MR) is 130 cm³/mol. The van der Waals surface area contributed by atoms with Crippen molar-refractivity contribution in [2.75, 3.05) is 58.9 Å². The van der Waals surface area contributed by atoms with Gasteiger partial charge in [0.2, 0.25) is 11.8 Å². The number of nitrogens with zero attached hydrogens (tertiary/aromatic N) is 4. The van der Waals surface area contributed by atoms with Gasteiger partial charge in [-0.2, -0.15) is 0 Å². The summed E-state index contributed by atoms with van der Waals surface area (Å²) in [6, 6.07) is 0.432. The van der Waals surface area contributed by atoms with Crippen molar-refractivity contribution in [3.8, 4) is 0 Å². The lowest BCUT2D eigenvalue weighted by atomic mass is 10.1. The molecular formula is C21H39IN6O2. The van der Waals surface area contributed by atoms with Crippen molar-refractivity contribution < 1.29 is 9.59 Å². The number of amides is 2. The van der Waals surface area contributed by atoms with Gasteiger partial charge in [0.1, 0.15) is 0 Å². The summed E-state index contributed by atoms with van der Waals surface area (Å²) in [6.45, 7) is 9.47. The number of hydrogen-bond donors (Lipinski definition) is 2. The van der Waals surface area contributed by atoms with Gasteiger partial charge in [-0.3, -0.25) is 19.5 Å². The fourth-order valence-corrected chi connectivity index (χ4v) is 3.93. The number of nitrogens with one attached hydrogen (secondary N) is 2. The van der Waals surface area contributed by atoms with Gasteiger partial charge in [0.05, 0.1) is 6.54 Å². The molecule has 1 aliphatic carbocycles. The van der Waals surface area contributed by atoms with Gasteiger partial charge in [-0.05, 0) is 45.4 Å². The summed E-state index contributed by atoms with van der Waals surface area (Å²) in [6.07, 6.45) is 7.12. The van der Waals surface area contributed by atoms with Gasteiger partial charge in [-0.15, -0.1) is 24.0 Å². The highest BCUT2D eigenvalue weighted by Gasteiger charge is 2.24. The van der Waals surface area contributed by atoms with Crippen LogP contribution in [0.2, 0.25) is 0 Å². The Morgan fingerprint density at radius 1 is 0.967 bits per heavy atom. The highest BCUT2D eigenvalue weighted by molar-refractivity contribution is 14.0. The lowest BCUT2D eigenvalue weighted by molar-refractivity contribution is -0.133. The van der Waals surface area contributed by atoms with Crippen molar-refractivity contribution in [3.05, 3.63) is 0 Å². The third-order valence-electron chi connectivity index (χ3n) is 5.84. The van der Waals surface area contributed by atoms with Crippen LogP contribution in [-0.4, -0.2) is 97.4 Å². The van der Waals surface area contributed by atoms with Crippen LogP contribution in [0, 0.1) is 0 Å². The van der Waals surface area contributed by atoms with Crippen molar-refractivity contribution in [3.63, 3.8) is 0 Å². The van der Waals surface area contributed by atoms with Crippen LogP contribution in [0.5, 0.6) is 0 Å². The Hall–Kier alpha value is -1.10. The number of rotatable bonds is 8. The van der Waals surface area contributed by atoms with Crippen LogP contribution in [0.25, 0.3) is 0 Å². The summed E-state index contributed by atoms with van der Waals surface area (Å²) in [5, 5.41) is 6.40. The topological polar surface area (TPSA) is 80.3 Å². The Labute approximate surface area is 198 Å². The number of carbonyl (C=O) groups is 2. The summed E-state index contributed by atoms with van der Waals surface area (Å²) in [7, 11) is 0. The molecule has 2 N–H and O–H groups in total. The molecule has 1 saturated carbocycles. The lowest BCUT2D eigenvalue weighted by Gasteiger charge is -2.37. The summed E-state index contributed by atoms with van der Waals surface area (Å²) >= 11 is 0. The van der Waals surface area contributed by atoms with Crippen LogP contribution < -0.4 is 10.6 Å².